The van der Waals surface area contributed by atoms with Crippen molar-refractivity contribution >= 4 is 50.0 Å². The molecule has 0 amide bonds. The number of fused-ring (bicyclic) bond motifs is 1. The van der Waals surface area contributed by atoms with Gasteiger partial charge in [0.1, 0.15) is 0 Å². The van der Waals surface area contributed by atoms with Gasteiger partial charge < -0.3 is 4.74 Å². The van der Waals surface area contributed by atoms with E-state index in [1.54, 1.807) is 18.2 Å². The molecule has 0 spiro atoms. The molecule has 0 aliphatic carbocycles. The minimum absolute atomic E-state index is 0.0196. The van der Waals surface area contributed by atoms with E-state index in [0.29, 0.717) is 0 Å². The van der Waals surface area contributed by atoms with E-state index >= 15 is 0 Å². The monoisotopic (exact) mass is 396 g/mol. The highest BCUT2D eigenvalue weighted by Gasteiger charge is 2.29. The van der Waals surface area contributed by atoms with Gasteiger partial charge in [0.05, 0.1) is 33.1 Å². The van der Waals surface area contributed by atoms with Crippen LogP contribution in [0.2, 0.25) is 10.0 Å². The van der Waals surface area contributed by atoms with E-state index in [4.69, 9.17) is 23.2 Å². The zero-order valence-corrected chi connectivity index (χ0v) is 15.1. The highest BCUT2D eigenvalue weighted by atomic mass is 35.5. The average Bonchev–Trinajstić information content (AvgIpc) is 2.61. The van der Waals surface area contributed by atoms with Gasteiger partial charge in [0.25, 0.3) is 0 Å². The Morgan fingerprint density at radius 2 is 1.56 bits per heavy atom. The van der Waals surface area contributed by atoms with Crippen molar-refractivity contribution < 1.29 is 17.9 Å². The van der Waals surface area contributed by atoms with Gasteiger partial charge in [-0.25, -0.2) is 23.2 Å². The number of carbonyl (C=O) groups excluding carboxylic acids is 1. The molecule has 0 radical (unpaired) electrons. The maximum absolute atomic E-state index is 12.9. The molecule has 0 bridgehead atoms. The summed E-state index contributed by atoms with van der Waals surface area (Å²) in [6.45, 7) is 0. The summed E-state index contributed by atoms with van der Waals surface area (Å²) in [6.07, 6.45) is 0. The number of esters is 1. The van der Waals surface area contributed by atoms with Crippen molar-refractivity contribution in [1.29, 1.82) is 0 Å². The van der Waals surface area contributed by atoms with E-state index in [9.17, 15) is 13.2 Å². The van der Waals surface area contributed by atoms with Crippen molar-refractivity contribution in [3.05, 3.63) is 58.2 Å². The standard InChI is InChI=1S/C16H10Cl2N2O4S/c1-24-16(21)14-15(25(22,23)9-5-3-2-4-6-9)20-13-8-11(18)10(17)7-12(13)19-14/h2-8H,1H3. The Morgan fingerprint density at radius 1 is 1.00 bits per heavy atom. The van der Waals surface area contributed by atoms with Gasteiger partial charge in [-0.1, -0.05) is 41.4 Å². The summed E-state index contributed by atoms with van der Waals surface area (Å²) in [4.78, 5) is 20.2. The molecule has 0 atom stereocenters. The largest absolute Gasteiger partial charge is 0.464 e. The predicted octanol–water partition coefficient (Wildman–Crippen LogP) is 3.56. The lowest BCUT2D eigenvalue weighted by Gasteiger charge is -2.10. The maximum Gasteiger partial charge on any atom is 0.359 e. The van der Waals surface area contributed by atoms with Crippen molar-refractivity contribution in [2.45, 2.75) is 9.92 Å². The summed E-state index contributed by atoms with van der Waals surface area (Å²) >= 11 is 11.9. The zero-order chi connectivity index (χ0) is 18.2. The van der Waals surface area contributed by atoms with Gasteiger partial charge in [0, 0.05) is 0 Å². The minimum Gasteiger partial charge on any atom is -0.464 e. The van der Waals surface area contributed by atoms with Gasteiger partial charge in [0.15, 0.2) is 10.7 Å². The van der Waals surface area contributed by atoms with Crippen LogP contribution < -0.4 is 0 Å². The first kappa shape index (κ1) is 17.6. The molecule has 3 aromatic rings. The van der Waals surface area contributed by atoms with Crippen LogP contribution in [0.5, 0.6) is 0 Å². The van der Waals surface area contributed by atoms with Crippen molar-refractivity contribution in [3.63, 3.8) is 0 Å². The van der Waals surface area contributed by atoms with E-state index in [-0.39, 0.29) is 26.0 Å². The predicted molar refractivity (Wildman–Crippen MR) is 92.8 cm³/mol. The molecule has 0 saturated carbocycles. The van der Waals surface area contributed by atoms with Crippen molar-refractivity contribution in [1.82, 2.24) is 9.97 Å². The van der Waals surface area contributed by atoms with Crippen LogP contribution in [0.25, 0.3) is 11.0 Å². The van der Waals surface area contributed by atoms with Crippen LogP contribution in [0, 0.1) is 0 Å². The highest BCUT2D eigenvalue weighted by Crippen LogP contribution is 2.29. The lowest BCUT2D eigenvalue weighted by Crippen LogP contribution is -2.15. The molecule has 2 aromatic carbocycles. The van der Waals surface area contributed by atoms with Crippen LogP contribution >= 0.6 is 23.2 Å². The van der Waals surface area contributed by atoms with E-state index in [1.165, 1.54) is 24.3 Å². The number of halogens is 2. The number of hydrogen-bond donors (Lipinski definition) is 0. The molecule has 9 heteroatoms. The normalized spacial score (nSPS) is 11.5. The quantitative estimate of drug-likeness (QED) is 0.629. The van der Waals surface area contributed by atoms with E-state index in [1.807, 2.05) is 0 Å². The van der Waals surface area contributed by atoms with E-state index < -0.39 is 26.5 Å². The molecule has 6 nitrogen and oxygen atoms in total. The van der Waals surface area contributed by atoms with Gasteiger partial charge in [-0.3, -0.25) is 0 Å². The van der Waals surface area contributed by atoms with Crippen LogP contribution in [0.4, 0.5) is 0 Å². The van der Waals surface area contributed by atoms with Crippen LogP contribution in [0.3, 0.4) is 0 Å². The summed E-state index contributed by atoms with van der Waals surface area (Å²) in [6, 6.07) is 10.4. The second-order valence-electron chi connectivity index (χ2n) is 4.94. The second kappa shape index (κ2) is 6.59. The Hall–Kier alpha value is -2.22. The summed E-state index contributed by atoms with van der Waals surface area (Å²) in [5.41, 5.74) is -0.00406. The fraction of sp³-hybridized carbons (Fsp3) is 0.0625. The zero-order valence-electron chi connectivity index (χ0n) is 12.7. The van der Waals surface area contributed by atoms with Crippen molar-refractivity contribution in [2.75, 3.05) is 7.11 Å². The Balaban J connectivity index is 2.36. The number of benzene rings is 2. The molecule has 0 aliphatic rings. The Labute approximate surface area is 153 Å². The first-order valence-corrected chi connectivity index (χ1v) is 9.13. The summed E-state index contributed by atoms with van der Waals surface area (Å²) in [5.74, 6) is -0.921. The number of nitrogens with zero attached hydrogens (tertiary/aromatic N) is 2. The SMILES string of the molecule is COC(=O)c1nc2cc(Cl)c(Cl)cc2nc1S(=O)(=O)c1ccccc1. The molecule has 1 heterocycles. The summed E-state index contributed by atoms with van der Waals surface area (Å²) in [7, 11) is -2.96. The first-order chi connectivity index (χ1) is 11.8. The number of sulfone groups is 1. The topological polar surface area (TPSA) is 86.2 Å². The lowest BCUT2D eigenvalue weighted by molar-refractivity contribution is 0.0588. The maximum atomic E-state index is 12.9. The minimum atomic E-state index is -4.09. The second-order valence-corrected chi connectivity index (χ2v) is 7.62. The number of hydrogen-bond acceptors (Lipinski definition) is 6. The Morgan fingerprint density at radius 3 is 2.12 bits per heavy atom. The lowest BCUT2D eigenvalue weighted by atomic mass is 10.3. The fourth-order valence-electron chi connectivity index (χ4n) is 2.16. The average molecular weight is 397 g/mol. The summed E-state index contributed by atoms with van der Waals surface area (Å²) in [5, 5.41) is -0.105. The third kappa shape index (κ3) is 3.18. The molecular weight excluding hydrogens is 387 g/mol. The molecule has 0 N–H and O–H groups in total. The molecule has 0 unspecified atom stereocenters. The Bertz CT molecular complexity index is 1090. The van der Waals surface area contributed by atoms with E-state index in [2.05, 4.69) is 14.7 Å². The van der Waals surface area contributed by atoms with Crippen LogP contribution in [0.1, 0.15) is 10.5 Å². The van der Waals surface area contributed by atoms with Crippen LogP contribution in [-0.2, 0) is 14.6 Å². The smallest absolute Gasteiger partial charge is 0.359 e. The highest BCUT2D eigenvalue weighted by molar-refractivity contribution is 7.91. The van der Waals surface area contributed by atoms with Crippen molar-refractivity contribution in [3.8, 4) is 0 Å². The number of methoxy groups -OCH3 is 1. The van der Waals surface area contributed by atoms with Crippen LogP contribution in [0.15, 0.2) is 52.4 Å². The van der Waals surface area contributed by atoms with Gasteiger partial charge in [0.2, 0.25) is 9.84 Å². The van der Waals surface area contributed by atoms with Gasteiger partial charge in [-0.2, -0.15) is 0 Å². The molecule has 25 heavy (non-hydrogen) atoms. The van der Waals surface area contributed by atoms with Gasteiger partial charge >= 0.3 is 5.97 Å². The molecule has 0 aliphatic heterocycles. The molecule has 0 saturated heterocycles. The first-order valence-electron chi connectivity index (χ1n) is 6.90. The molecule has 3 rings (SSSR count). The number of carbonyl (C=O) groups is 1. The number of rotatable bonds is 3. The van der Waals surface area contributed by atoms with E-state index in [0.717, 1.165) is 7.11 Å². The van der Waals surface area contributed by atoms with Crippen molar-refractivity contribution in [2.24, 2.45) is 0 Å². The molecule has 128 valence electrons. The Kier molecular flexibility index (Phi) is 4.64. The van der Waals surface area contributed by atoms with Crippen LogP contribution in [-0.4, -0.2) is 31.5 Å². The number of ether oxygens (including phenoxy) is 1. The third-order valence-corrected chi connectivity index (χ3v) is 5.77. The molecule has 1 aromatic heterocycles. The fourth-order valence-corrected chi connectivity index (χ4v) is 3.82. The molecular formula is C16H10Cl2N2O4S. The third-order valence-electron chi connectivity index (χ3n) is 3.36. The van der Waals surface area contributed by atoms with Gasteiger partial charge in [-0.05, 0) is 24.3 Å². The number of aromatic nitrogens is 2. The molecule has 0 fully saturated rings. The van der Waals surface area contributed by atoms with Gasteiger partial charge in [-0.15, -0.1) is 0 Å². The summed E-state index contributed by atoms with van der Waals surface area (Å²) < 4.78 is 30.4.